The standard InChI is InChI=1S/C23H27N3O2/c1-13-6-10-16(11-7-13)24-23(28)20-15-9-8-14(12-15)19(20)21-25-18-5-3-2-4-17(18)22(27)26-21/h2-5,8-9,13-16,19-20H,6-7,10-12H2,1H3,(H,24,28)(H,25,26,27)/t13?,14-,15+,16?,19-,20-/m1/s1. The number of hydrogen-bond donors (Lipinski definition) is 2. The van der Waals surface area contributed by atoms with Crippen LogP contribution >= 0.6 is 0 Å². The molecule has 5 heteroatoms. The van der Waals surface area contributed by atoms with Crippen LogP contribution < -0.4 is 10.9 Å². The second kappa shape index (κ2) is 6.87. The molecule has 146 valence electrons. The number of rotatable bonds is 3. The number of H-pyrrole nitrogens is 1. The number of amides is 1. The number of nitrogens with zero attached hydrogens (tertiary/aromatic N) is 1. The minimum absolute atomic E-state index is 0.0465. The van der Waals surface area contributed by atoms with Gasteiger partial charge in [0.15, 0.2) is 0 Å². The van der Waals surface area contributed by atoms with Crippen LogP contribution in [-0.4, -0.2) is 21.9 Å². The Hall–Kier alpha value is -2.43. The van der Waals surface area contributed by atoms with Crippen molar-refractivity contribution in [3.63, 3.8) is 0 Å². The normalized spacial score (nSPS) is 34.0. The Balaban J connectivity index is 1.44. The van der Waals surface area contributed by atoms with Crippen molar-refractivity contribution in [3.8, 4) is 0 Å². The molecule has 1 aromatic carbocycles. The molecule has 5 nitrogen and oxygen atoms in total. The van der Waals surface area contributed by atoms with Crippen molar-refractivity contribution in [3.05, 3.63) is 52.6 Å². The molecule has 3 aliphatic rings. The van der Waals surface area contributed by atoms with Crippen LogP contribution in [0, 0.1) is 23.7 Å². The molecule has 2 aromatic rings. The van der Waals surface area contributed by atoms with Gasteiger partial charge in [0.1, 0.15) is 5.82 Å². The Morgan fingerprint density at radius 1 is 1.11 bits per heavy atom. The number of nitrogens with one attached hydrogen (secondary N) is 2. The number of hydrogen-bond acceptors (Lipinski definition) is 3. The maximum atomic E-state index is 13.3. The lowest BCUT2D eigenvalue weighted by molar-refractivity contribution is -0.127. The molecule has 2 N–H and O–H groups in total. The van der Waals surface area contributed by atoms with Crippen molar-refractivity contribution in [2.45, 2.75) is 51.0 Å². The van der Waals surface area contributed by atoms with E-state index in [4.69, 9.17) is 4.98 Å². The molecule has 0 spiro atoms. The molecule has 2 fully saturated rings. The van der Waals surface area contributed by atoms with Gasteiger partial charge in [-0.3, -0.25) is 9.59 Å². The molecule has 1 amide bonds. The Morgan fingerprint density at radius 2 is 1.86 bits per heavy atom. The van der Waals surface area contributed by atoms with Crippen LogP contribution in [0.5, 0.6) is 0 Å². The first kappa shape index (κ1) is 17.7. The first-order valence-corrected chi connectivity index (χ1v) is 10.6. The minimum atomic E-state index is -0.140. The van der Waals surface area contributed by atoms with E-state index in [1.807, 2.05) is 18.2 Å². The van der Waals surface area contributed by atoms with Gasteiger partial charge in [0.2, 0.25) is 5.91 Å². The zero-order valence-electron chi connectivity index (χ0n) is 16.2. The summed E-state index contributed by atoms with van der Waals surface area (Å²) in [5, 5.41) is 3.92. The number of allylic oxidation sites excluding steroid dienone is 2. The van der Waals surface area contributed by atoms with Crippen LogP contribution in [0.4, 0.5) is 0 Å². The average molecular weight is 377 g/mol. The maximum Gasteiger partial charge on any atom is 0.258 e. The topological polar surface area (TPSA) is 74.8 Å². The zero-order chi connectivity index (χ0) is 19.3. The first-order valence-electron chi connectivity index (χ1n) is 10.6. The summed E-state index contributed by atoms with van der Waals surface area (Å²) in [6.45, 7) is 2.29. The van der Waals surface area contributed by atoms with E-state index in [2.05, 4.69) is 29.4 Å². The molecule has 3 aliphatic carbocycles. The van der Waals surface area contributed by atoms with Crippen molar-refractivity contribution in [2.75, 3.05) is 0 Å². The molecule has 2 saturated carbocycles. The monoisotopic (exact) mass is 377 g/mol. The van der Waals surface area contributed by atoms with Gasteiger partial charge in [-0.2, -0.15) is 0 Å². The lowest BCUT2D eigenvalue weighted by Gasteiger charge is -2.31. The van der Waals surface area contributed by atoms with Crippen molar-refractivity contribution in [1.82, 2.24) is 15.3 Å². The van der Waals surface area contributed by atoms with Crippen LogP contribution in [0.1, 0.15) is 50.8 Å². The Labute approximate surface area is 164 Å². The van der Waals surface area contributed by atoms with E-state index in [1.165, 1.54) is 12.8 Å². The number of para-hydroxylation sites is 1. The lowest BCUT2D eigenvalue weighted by Crippen LogP contribution is -2.43. The highest BCUT2D eigenvalue weighted by Crippen LogP contribution is 2.52. The zero-order valence-corrected chi connectivity index (χ0v) is 16.2. The van der Waals surface area contributed by atoms with Gasteiger partial charge in [-0.05, 0) is 62.0 Å². The molecular formula is C23H27N3O2. The molecule has 0 radical (unpaired) electrons. The van der Waals surface area contributed by atoms with Gasteiger partial charge in [-0.15, -0.1) is 0 Å². The Morgan fingerprint density at radius 3 is 2.68 bits per heavy atom. The largest absolute Gasteiger partial charge is 0.353 e. The summed E-state index contributed by atoms with van der Waals surface area (Å²) in [7, 11) is 0. The number of aromatic nitrogens is 2. The summed E-state index contributed by atoms with van der Waals surface area (Å²) in [4.78, 5) is 33.6. The smallest absolute Gasteiger partial charge is 0.258 e. The summed E-state index contributed by atoms with van der Waals surface area (Å²) in [6, 6.07) is 7.69. The molecule has 0 saturated heterocycles. The number of carbonyl (C=O) groups excluding carboxylic acids is 1. The SMILES string of the molecule is CC1CCC(NC(=O)[C@H]2[C@H](c3nc4ccccc4c(=O)[nH]3)[C@@H]3C=C[C@H]2C3)CC1. The molecule has 1 aromatic heterocycles. The summed E-state index contributed by atoms with van der Waals surface area (Å²) in [6.07, 6.45) is 9.87. The fraction of sp³-hybridized carbons (Fsp3) is 0.522. The number of aromatic amines is 1. The van der Waals surface area contributed by atoms with E-state index in [0.717, 1.165) is 25.2 Å². The molecular weight excluding hydrogens is 350 g/mol. The predicted molar refractivity (Wildman–Crippen MR) is 109 cm³/mol. The van der Waals surface area contributed by atoms with E-state index in [1.54, 1.807) is 6.07 Å². The van der Waals surface area contributed by atoms with Crippen molar-refractivity contribution in [2.24, 2.45) is 23.7 Å². The molecule has 1 heterocycles. The third kappa shape index (κ3) is 2.97. The lowest BCUT2D eigenvalue weighted by atomic mass is 9.81. The van der Waals surface area contributed by atoms with Crippen LogP contribution in [-0.2, 0) is 4.79 Å². The average Bonchev–Trinajstić information content (AvgIpc) is 3.31. The number of carbonyl (C=O) groups is 1. The number of benzene rings is 1. The summed E-state index contributed by atoms with van der Waals surface area (Å²) in [5.74, 6) is 1.90. The second-order valence-corrected chi connectivity index (χ2v) is 8.93. The summed E-state index contributed by atoms with van der Waals surface area (Å²) < 4.78 is 0. The van der Waals surface area contributed by atoms with Crippen molar-refractivity contribution < 1.29 is 4.79 Å². The van der Waals surface area contributed by atoms with Crippen LogP contribution in [0.15, 0.2) is 41.2 Å². The Kier molecular flexibility index (Phi) is 4.33. The van der Waals surface area contributed by atoms with Crippen LogP contribution in [0.2, 0.25) is 0 Å². The van der Waals surface area contributed by atoms with Gasteiger partial charge in [0, 0.05) is 12.0 Å². The van der Waals surface area contributed by atoms with E-state index in [-0.39, 0.29) is 41.2 Å². The van der Waals surface area contributed by atoms with Crippen LogP contribution in [0.25, 0.3) is 10.9 Å². The van der Waals surface area contributed by atoms with E-state index in [0.29, 0.717) is 16.7 Å². The quantitative estimate of drug-likeness (QED) is 0.804. The molecule has 5 rings (SSSR count). The van der Waals surface area contributed by atoms with Gasteiger partial charge in [0.25, 0.3) is 5.56 Å². The van der Waals surface area contributed by atoms with Gasteiger partial charge >= 0.3 is 0 Å². The van der Waals surface area contributed by atoms with Gasteiger partial charge in [0.05, 0.1) is 16.8 Å². The number of fused-ring (bicyclic) bond motifs is 3. The minimum Gasteiger partial charge on any atom is -0.353 e. The maximum absolute atomic E-state index is 13.3. The summed E-state index contributed by atoms with van der Waals surface area (Å²) >= 11 is 0. The molecule has 0 aliphatic heterocycles. The van der Waals surface area contributed by atoms with Crippen LogP contribution in [0.3, 0.4) is 0 Å². The summed E-state index contributed by atoms with van der Waals surface area (Å²) in [5.41, 5.74) is 0.584. The van der Waals surface area contributed by atoms with E-state index >= 15 is 0 Å². The van der Waals surface area contributed by atoms with E-state index < -0.39 is 0 Å². The fourth-order valence-corrected chi connectivity index (χ4v) is 5.52. The first-order chi connectivity index (χ1) is 13.6. The molecule has 28 heavy (non-hydrogen) atoms. The molecule has 4 atom stereocenters. The molecule has 2 bridgehead atoms. The van der Waals surface area contributed by atoms with Gasteiger partial charge in [-0.25, -0.2) is 4.98 Å². The molecule has 0 unspecified atom stereocenters. The predicted octanol–water partition coefficient (Wildman–Crippen LogP) is 3.52. The van der Waals surface area contributed by atoms with Gasteiger partial charge < -0.3 is 10.3 Å². The Bertz CT molecular complexity index is 987. The fourth-order valence-electron chi connectivity index (χ4n) is 5.52. The highest BCUT2D eigenvalue weighted by Gasteiger charge is 2.50. The highest BCUT2D eigenvalue weighted by molar-refractivity contribution is 5.82. The third-order valence-corrected chi connectivity index (χ3v) is 7.07. The van der Waals surface area contributed by atoms with Gasteiger partial charge in [-0.1, -0.05) is 31.2 Å². The van der Waals surface area contributed by atoms with Crippen molar-refractivity contribution >= 4 is 16.8 Å². The third-order valence-electron chi connectivity index (χ3n) is 7.07. The highest BCUT2D eigenvalue weighted by atomic mass is 16.2. The van der Waals surface area contributed by atoms with E-state index in [9.17, 15) is 9.59 Å². The van der Waals surface area contributed by atoms with Crippen molar-refractivity contribution in [1.29, 1.82) is 0 Å². The second-order valence-electron chi connectivity index (χ2n) is 8.93.